The zero-order chi connectivity index (χ0) is 17.3. The van der Waals surface area contributed by atoms with Crippen molar-refractivity contribution in [3.05, 3.63) is 48.2 Å². The van der Waals surface area contributed by atoms with Crippen LogP contribution in [0.4, 0.5) is 13.2 Å². The van der Waals surface area contributed by atoms with Crippen LogP contribution in [-0.4, -0.2) is 37.1 Å². The standard InChI is InChI=1S/C16H18F3N3O/c1-3-20-10-11-21-12(2)14(22-15(23)16(17,18)19)13-8-6-4-5-7-9-13/h4,6-11,14H,2-3,5H2,1H3,(H,22,23). The van der Waals surface area contributed by atoms with Gasteiger partial charge in [-0.25, -0.2) is 0 Å². The third-order valence-electron chi connectivity index (χ3n) is 2.80. The molecule has 0 aliphatic heterocycles. The van der Waals surface area contributed by atoms with Gasteiger partial charge in [0.1, 0.15) is 0 Å². The highest BCUT2D eigenvalue weighted by Gasteiger charge is 2.40. The van der Waals surface area contributed by atoms with Gasteiger partial charge in [-0.15, -0.1) is 0 Å². The Kier molecular flexibility index (Phi) is 7.18. The molecule has 0 saturated carbocycles. The molecule has 1 N–H and O–H groups in total. The van der Waals surface area contributed by atoms with Crippen LogP contribution in [0.15, 0.2) is 58.2 Å². The first-order valence-corrected chi connectivity index (χ1v) is 6.98. The number of nitrogens with zero attached hydrogens (tertiary/aromatic N) is 2. The predicted molar refractivity (Wildman–Crippen MR) is 85.6 cm³/mol. The van der Waals surface area contributed by atoms with E-state index in [-0.39, 0.29) is 5.70 Å². The third-order valence-corrected chi connectivity index (χ3v) is 2.80. The van der Waals surface area contributed by atoms with E-state index in [1.165, 1.54) is 12.4 Å². The second-order valence-corrected chi connectivity index (χ2v) is 4.55. The molecule has 0 fully saturated rings. The summed E-state index contributed by atoms with van der Waals surface area (Å²) in [6.07, 6.45) is 7.01. The number of amides is 1. The molecule has 23 heavy (non-hydrogen) atoms. The van der Waals surface area contributed by atoms with Crippen molar-refractivity contribution in [2.24, 2.45) is 9.98 Å². The second kappa shape index (κ2) is 8.87. The highest BCUT2D eigenvalue weighted by atomic mass is 19.4. The largest absolute Gasteiger partial charge is 0.471 e. The normalized spacial score (nSPS) is 16.4. The quantitative estimate of drug-likeness (QED) is 0.749. The highest BCUT2D eigenvalue weighted by Crippen LogP contribution is 2.20. The van der Waals surface area contributed by atoms with E-state index >= 15 is 0 Å². The van der Waals surface area contributed by atoms with Gasteiger partial charge in [-0.2, -0.15) is 13.2 Å². The van der Waals surface area contributed by atoms with E-state index in [2.05, 4.69) is 16.6 Å². The van der Waals surface area contributed by atoms with E-state index in [9.17, 15) is 18.0 Å². The number of halogens is 3. The Morgan fingerprint density at radius 3 is 2.83 bits per heavy atom. The number of rotatable bonds is 6. The average Bonchev–Trinajstić information content (AvgIpc) is 2.76. The van der Waals surface area contributed by atoms with Gasteiger partial charge >= 0.3 is 12.1 Å². The summed E-state index contributed by atoms with van der Waals surface area (Å²) in [5, 5.41) is 1.92. The van der Waals surface area contributed by atoms with Crippen molar-refractivity contribution in [3.8, 4) is 0 Å². The molecular weight excluding hydrogens is 307 g/mol. The lowest BCUT2D eigenvalue weighted by atomic mass is 10.0. The third kappa shape index (κ3) is 6.46. The van der Waals surface area contributed by atoms with Crippen LogP contribution < -0.4 is 5.32 Å². The molecule has 0 spiro atoms. The van der Waals surface area contributed by atoms with Crippen LogP contribution in [0.25, 0.3) is 0 Å². The number of carbonyl (C=O) groups is 1. The molecule has 1 amide bonds. The fourth-order valence-electron chi connectivity index (χ4n) is 1.72. The first-order chi connectivity index (χ1) is 10.9. The van der Waals surface area contributed by atoms with E-state index < -0.39 is 18.1 Å². The van der Waals surface area contributed by atoms with E-state index in [4.69, 9.17) is 0 Å². The van der Waals surface area contributed by atoms with Crippen LogP contribution in [0.2, 0.25) is 0 Å². The second-order valence-electron chi connectivity index (χ2n) is 4.55. The van der Waals surface area contributed by atoms with Crippen molar-refractivity contribution in [3.63, 3.8) is 0 Å². The minimum Gasteiger partial charge on any atom is -0.336 e. The topological polar surface area (TPSA) is 53.8 Å². The van der Waals surface area contributed by atoms with Gasteiger partial charge in [0.25, 0.3) is 0 Å². The Morgan fingerprint density at radius 2 is 2.17 bits per heavy atom. The summed E-state index contributed by atoms with van der Waals surface area (Å²) in [6, 6.07) is -1.07. The van der Waals surface area contributed by atoms with Gasteiger partial charge in [0, 0.05) is 19.0 Å². The molecule has 0 radical (unpaired) electrons. The molecule has 124 valence electrons. The van der Waals surface area contributed by atoms with Gasteiger partial charge in [0.05, 0.1) is 11.7 Å². The summed E-state index contributed by atoms with van der Waals surface area (Å²) in [6.45, 7) is 6.05. The molecule has 0 saturated heterocycles. The van der Waals surface area contributed by atoms with Crippen LogP contribution in [0.1, 0.15) is 13.3 Å². The van der Waals surface area contributed by atoms with Crippen molar-refractivity contribution in [1.29, 1.82) is 0 Å². The van der Waals surface area contributed by atoms with E-state index in [1.54, 1.807) is 24.3 Å². The van der Waals surface area contributed by atoms with Gasteiger partial charge < -0.3 is 5.32 Å². The zero-order valence-electron chi connectivity index (χ0n) is 12.7. The van der Waals surface area contributed by atoms with Crippen molar-refractivity contribution in [2.75, 3.05) is 6.54 Å². The zero-order valence-corrected chi connectivity index (χ0v) is 12.7. The number of aliphatic imine (C=N–C) groups is 2. The molecule has 0 aromatic heterocycles. The lowest BCUT2D eigenvalue weighted by Crippen LogP contribution is -2.44. The fraction of sp³-hybridized carbons (Fsp3) is 0.312. The Morgan fingerprint density at radius 1 is 1.43 bits per heavy atom. The van der Waals surface area contributed by atoms with Crippen LogP contribution >= 0.6 is 0 Å². The maximum absolute atomic E-state index is 12.5. The van der Waals surface area contributed by atoms with E-state index in [1.807, 2.05) is 18.3 Å². The summed E-state index contributed by atoms with van der Waals surface area (Å²) < 4.78 is 37.6. The summed E-state index contributed by atoms with van der Waals surface area (Å²) >= 11 is 0. The maximum atomic E-state index is 12.5. The molecule has 1 atom stereocenters. The molecule has 7 heteroatoms. The maximum Gasteiger partial charge on any atom is 0.471 e. The van der Waals surface area contributed by atoms with Gasteiger partial charge in [-0.05, 0) is 18.9 Å². The number of alkyl halides is 3. The van der Waals surface area contributed by atoms with Crippen molar-refractivity contribution in [2.45, 2.75) is 25.6 Å². The average molecular weight is 325 g/mol. The molecule has 0 heterocycles. The molecule has 1 unspecified atom stereocenters. The molecular formula is C16H18F3N3O. The molecule has 1 aliphatic rings. The molecule has 0 bridgehead atoms. The minimum atomic E-state index is -4.98. The monoisotopic (exact) mass is 325 g/mol. The van der Waals surface area contributed by atoms with E-state index in [0.717, 1.165) is 0 Å². The fourth-order valence-corrected chi connectivity index (χ4v) is 1.72. The Labute approximate surface area is 132 Å². The lowest BCUT2D eigenvalue weighted by Gasteiger charge is -2.20. The predicted octanol–water partition coefficient (Wildman–Crippen LogP) is 3.15. The molecule has 1 rings (SSSR count). The Bertz CT molecular complexity index is 584. The minimum absolute atomic E-state index is 0.0800. The van der Waals surface area contributed by atoms with Crippen molar-refractivity contribution >= 4 is 18.3 Å². The summed E-state index contributed by atoms with van der Waals surface area (Å²) in [5.74, 6) is -2.04. The number of carbonyl (C=O) groups excluding carboxylic acids is 1. The van der Waals surface area contributed by atoms with Crippen LogP contribution in [0, 0.1) is 0 Å². The van der Waals surface area contributed by atoms with Gasteiger partial charge in [-0.1, -0.05) is 37.0 Å². The molecule has 0 aromatic rings. The first-order valence-electron chi connectivity index (χ1n) is 6.98. The number of hydrogen-bond donors (Lipinski definition) is 1. The van der Waals surface area contributed by atoms with Crippen LogP contribution in [0.3, 0.4) is 0 Å². The molecule has 0 aromatic carbocycles. The van der Waals surface area contributed by atoms with Crippen LogP contribution in [0.5, 0.6) is 0 Å². The van der Waals surface area contributed by atoms with E-state index in [0.29, 0.717) is 18.5 Å². The number of allylic oxidation sites excluding steroid dienone is 4. The van der Waals surface area contributed by atoms with Crippen molar-refractivity contribution < 1.29 is 18.0 Å². The number of hydrogen-bond acceptors (Lipinski definition) is 3. The van der Waals surface area contributed by atoms with Gasteiger partial charge in [0.2, 0.25) is 0 Å². The Balaban J connectivity index is 3.01. The van der Waals surface area contributed by atoms with Gasteiger partial charge in [0.15, 0.2) is 0 Å². The van der Waals surface area contributed by atoms with Gasteiger partial charge in [-0.3, -0.25) is 14.8 Å². The summed E-state index contributed by atoms with van der Waals surface area (Å²) in [5.41, 5.74) is 0.544. The highest BCUT2D eigenvalue weighted by molar-refractivity contribution is 6.16. The first kappa shape index (κ1) is 18.6. The van der Waals surface area contributed by atoms with Crippen LogP contribution in [-0.2, 0) is 4.79 Å². The number of nitrogens with one attached hydrogen (secondary N) is 1. The van der Waals surface area contributed by atoms with Crippen molar-refractivity contribution in [1.82, 2.24) is 5.32 Å². The Hall–Kier alpha value is -2.44. The molecule has 1 aliphatic carbocycles. The summed E-state index contributed by atoms with van der Waals surface area (Å²) in [7, 11) is 0. The SMILES string of the molecule is C=C(N=CC=NCC)C(NC(=O)C(F)(F)F)C1=CC=CCC=C1. The molecule has 4 nitrogen and oxygen atoms in total. The lowest BCUT2D eigenvalue weighted by molar-refractivity contribution is -0.173. The smallest absolute Gasteiger partial charge is 0.336 e. The summed E-state index contributed by atoms with van der Waals surface area (Å²) in [4.78, 5) is 19.1.